The number of rotatable bonds is 0. The fourth-order valence-corrected chi connectivity index (χ4v) is 2.70. The molecule has 0 unspecified atom stereocenters. The molecule has 0 radical (unpaired) electrons. The molecule has 0 N–H and O–H groups in total. The smallest absolute Gasteiger partial charge is 1.00 e. The van der Waals surface area contributed by atoms with Crippen molar-refractivity contribution in [2.24, 2.45) is 4.99 Å². The van der Waals surface area contributed by atoms with Crippen LogP contribution in [0.1, 0.15) is 16.7 Å². The molecule has 24 heavy (non-hydrogen) atoms. The minimum Gasteiger partial charge on any atom is -1.00 e. The Hall–Kier alpha value is -1.34. The zero-order valence-electron chi connectivity index (χ0n) is 12.7. The molecule has 5 rings (SSSR count). The zero-order valence-corrected chi connectivity index (χ0v) is 16.7. The van der Waals surface area contributed by atoms with Crippen LogP contribution in [-0.2, 0) is 26.2 Å². The molecule has 0 fully saturated rings. The summed E-state index contributed by atoms with van der Waals surface area (Å²) in [6, 6.07) is 27.6. The van der Waals surface area contributed by atoms with Gasteiger partial charge in [-0.25, -0.2) is 12.1 Å². The number of hydrogen-bond acceptors (Lipinski definition) is 1. The first-order valence-corrected chi connectivity index (χ1v) is 7.01. The average molecular weight is 429 g/mol. The van der Waals surface area contributed by atoms with Crippen molar-refractivity contribution in [1.29, 1.82) is 0 Å². The number of fused-ring (bicyclic) bond motifs is 5. The summed E-state index contributed by atoms with van der Waals surface area (Å²) in [5.41, 5.74) is 7.03. The van der Waals surface area contributed by atoms with Crippen LogP contribution in [0.4, 0.5) is 5.69 Å². The molecular formula is C20H13Cl2NZr. The topological polar surface area (TPSA) is 12.4 Å². The molecule has 1 nitrogen and oxygen atoms in total. The zero-order chi connectivity index (χ0) is 14.1. The Morgan fingerprint density at radius 2 is 1.54 bits per heavy atom. The van der Waals surface area contributed by atoms with Crippen LogP contribution in [0.5, 0.6) is 0 Å². The first kappa shape index (κ1) is 20.7. The SMILES string of the molecule is [Cl-].[Cl-].[Zr+4].[c-]1cccc2c1C=C1C2=Nc2ccccc21.c1cc[cH-]c1. The first-order valence-electron chi connectivity index (χ1n) is 7.01. The molecule has 1 heterocycles. The number of para-hydroxylation sites is 1. The molecule has 0 spiro atoms. The number of allylic oxidation sites excluding steroid dienone is 1. The molecule has 0 aromatic heterocycles. The molecule has 0 amide bonds. The van der Waals surface area contributed by atoms with E-state index in [0.717, 1.165) is 17.0 Å². The molecule has 0 bridgehead atoms. The van der Waals surface area contributed by atoms with Gasteiger partial charge in [-0.05, 0) is 17.2 Å². The Morgan fingerprint density at radius 3 is 2.25 bits per heavy atom. The summed E-state index contributed by atoms with van der Waals surface area (Å²) in [6.45, 7) is 0. The predicted octanol–water partition coefficient (Wildman–Crippen LogP) is -1.11. The minimum atomic E-state index is 0. The van der Waals surface area contributed by atoms with Crippen molar-refractivity contribution in [1.82, 2.24) is 0 Å². The van der Waals surface area contributed by atoms with Gasteiger partial charge in [0.1, 0.15) is 0 Å². The van der Waals surface area contributed by atoms with E-state index in [-0.39, 0.29) is 51.0 Å². The van der Waals surface area contributed by atoms with Crippen molar-refractivity contribution >= 4 is 23.0 Å². The first-order chi connectivity index (χ1) is 10.4. The van der Waals surface area contributed by atoms with Gasteiger partial charge in [-0.3, -0.25) is 4.99 Å². The Kier molecular flexibility index (Phi) is 7.96. The molecule has 0 saturated carbocycles. The van der Waals surface area contributed by atoms with Crippen molar-refractivity contribution in [3.8, 4) is 0 Å². The predicted molar refractivity (Wildman–Crippen MR) is 87.8 cm³/mol. The van der Waals surface area contributed by atoms with E-state index in [4.69, 9.17) is 0 Å². The number of nitrogens with zero attached hydrogens (tertiary/aromatic N) is 1. The third-order valence-electron chi connectivity index (χ3n) is 3.67. The summed E-state index contributed by atoms with van der Waals surface area (Å²) in [5.74, 6) is 0. The fourth-order valence-electron chi connectivity index (χ4n) is 2.70. The Balaban J connectivity index is 0.000000317. The van der Waals surface area contributed by atoms with Gasteiger partial charge in [0.2, 0.25) is 0 Å². The number of benzene rings is 2. The monoisotopic (exact) mass is 427 g/mol. The van der Waals surface area contributed by atoms with E-state index in [0.29, 0.717) is 0 Å². The van der Waals surface area contributed by atoms with E-state index >= 15 is 0 Å². The summed E-state index contributed by atoms with van der Waals surface area (Å²) >= 11 is 0. The molecule has 3 aromatic carbocycles. The number of hydrogen-bond donors (Lipinski definition) is 0. The van der Waals surface area contributed by atoms with Crippen LogP contribution in [0.25, 0.3) is 11.6 Å². The molecule has 3 aromatic rings. The Bertz CT molecular complexity index is 775. The second-order valence-electron chi connectivity index (χ2n) is 5.00. The molecule has 2 aliphatic rings. The molecule has 0 atom stereocenters. The van der Waals surface area contributed by atoms with Gasteiger partial charge in [0.15, 0.2) is 0 Å². The molecule has 0 saturated heterocycles. The maximum absolute atomic E-state index is 4.68. The summed E-state index contributed by atoms with van der Waals surface area (Å²) in [6.07, 6.45) is 2.18. The molecule has 1 aliphatic carbocycles. The maximum atomic E-state index is 4.68. The van der Waals surface area contributed by atoms with Gasteiger partial charge in [0.25, 0.3) is 0 Å². The van der Waals surface area contributed by atoms with Gasteiger partial charge < -0.3 is 24.8 Å². The summed E-state index contributed by atoms with van der Waals surface area (Å²) in [4.78, 5) is 4.68. The standard InChI is InChI=1S/C15H8N.C5H5.2ClH.Zr/c1-2-6-11-10(5-1)9-13-12-7-3-4-8-14(12)16-15(11)13;1-2-4-5-3-1;;;/h1-4,6-9H;1-5H;2*1H;/q2*-1;;;+4/p-2. The summed E-state index contributed by atoms with van der Waals surface area (Å²) in [5, 5.41) is 0. The van der Waals surface area contributed by atoms with Crippen molar-refractivity contribution in [2.75, 3.05) is 0 Å². The van der Waals surface area contributed by atoms with Gasteiger partial charge in [-0.15, -0.1) is 35.9 Å². The van der Waals surface area contributed by atoms with Crippen molar-refractivity contribution in [2.45, 2.75) is 0 Å². The van der Waals surface area contributed by atoms with Gasteiger partial charge in [0.05, 0.1) is 5.69 Å². The maximum Gasteiger partial charge on any atom is 4.00 e. The number of aliphatic imine (C=N–C) groups is 1. The third kappa shape index (κ3) is 3.83. The molecule has 4 heteroatoms. The van der Waals surface area contributed by atoms with Crippen molar-refractivity contribution in [3.05, 3.63) is 95.6 Å². The van der Waals surface area contributed by atoms with Crippen LogP contribution in [0.2, 0.25) is 0 Å². The fraction of sp³-hybridized carbons (Fsp3) is 0. The average Bonchev–Trinajstić information content (AvgIpc) is 3.25. The second kappa shape index (κ2) is 9.23. The van der Waals surface area contributed by atoms with Gasteiger partial charge in [-0.1, -0.05) is 23.8 Å². The van der Waals surface area contributed by atoms with E-state index in [1.54, 1.807) is 0 Å². The van der Waals surface area contributed by atoms with Crippen LogP contribution >= 0.6 is 0 Å². The van der Waals surface area contributed by atoms with Crippen LogP contribution in [0.3, 0.4) is 0 Å². The van der Waals surface area contributed by atoms with E-state index in [9.17, 15) is 0 Å². The van der Waals surface area contributed by atoms with Crippen LogP contribution in [0, 0.1) is 6.07 Å². The number of halogens is 2. The molecular weight excluding hydrogens is 416 g/mol. The Labute approximate surface area is 173 Å². The van der Waals surface area contributed by atoms with Crippen LogP contribution in [-0.4, -0.2) is 5.71 Å². The molecule has 1 aliphatic heterocycles. The van der Waals surface area contributed by atoms with Gasteiger partial charge in [-0.2, -0.15) is 18.2 Å². The second-order valence-corrected chi connectivity index (χ2v) is 5.00. The van der Waals surface area contributed by atoms with E-state index in [1.165, 1.54) is 16.7 Å². The van der Waals surface area contributed by atoms with Crippen molar-refractivity contribution in [3.63, 3.8) is 0 Å². The minimum absolute atomic E-state index is 0. The summed E-state index contributed by atoms with van der Waals surface area (Å²) < 4.78 is 0. The van der Waals surface area contributed by atoms with Gasteiger partial charge in [0, 0.05) is 5.71 Å². The third-order valence-corrected chi connectivity index (χ3v) is 3.67. The van der Waals surface area contributed by atoms with E-state index < -0.39 is 0 Å². The van der Waals surface area contributed by atoms with Crippen LogP contribution < -0.4 is 24.8 Å². The quantitative estimate of drug-likeness (QED) is 0.402. The molecule has 116 valence electrons. The van der Waals surface area contributed by atoms with Crippen LogP contribution in [0.15, 0.2) is 77.8 Å². The van der Waals surface area contributed by atoms with Gasteiger partial charge >= 0.3 is 26.2 Å². The summed E-state index contributed by atoms with van der Waals surface area (Å²) in [7, 11) is 0. The van der Waals surface area contributed by atoms with Crippen molar-refractivity contribution < 1.29 is 51.0 Å². The normalized spacial score (nSPS) is 11.7. The van der Waals surface area contributed by atoms with E-state index in [2.05, 4.69) is 41.4 Å². The van der Waals surface area contributed by atoms with E-state index in [1.807, 2.05) is 48.5 Å². The Morgan fingerprint density at radius 1 is 0.833 bits per heavy atom. The largest absolute Gasteiger partial charge is 4.00 e.